The van der Waals surface area contributed by atoms with Crippen molar-refractivity contribution in [3.8, 4) is 0 Å². The molecule has 0 bridgehead atoms. The van der Waals surface area contributed by atoms with Crippen LogP contribution in [0.2, 0.25) is 0 Å². The normalized spacial score (nSPS) is 13.0. The predicted octanol–water partition coefficient (Wildman–Crippen LogP) is 2.19. The van der Waals surface area contributed by atoms with Gasteiger partial charge in [-0.2, -0.15) is 4.31 Å². The number of sulfonamides is 1. The summed E-state index contributed by atoms with van der Waals surface area (Å²) >= 11 is 0. The largest absolute Gasteiger partial charge is 0.329 e. The van der Waals surface area contributed by atoms with E-state index >= 15 is 0 Å². The molecule has 0 aliphatic heterocycles. The Morgan fingerprint density at radius 3 is 2.05 bits per heavy atom. The molecule has 1 aromatic carbocycles. The van der Waals surface area contributed by atoms with Crippen LogP contribution in [-0.2, 0) is 10.0 Å². The fourth-order valence-electron chi connectivity index (χ4n) is 2.44. The molecule has 6 heteroatoms. The van der Waals surface area contributed by atoms with E-state index in [4.69, 9.17) is 5.73 Å². The topological polar surface area (TPSA) is 63.4 Å². The average molecular weight is 302 g/mol. The number of halogens is 1. The first kappa shape index (κ1) is 17.1. The molecule has 0 aliphatic rings. The lowest BCUT2D eigenvalue weighted by molar-refractivity contribution is 0.244. The van der Waals surface area contributed by atoms with Crippen molar-refractivity contribution in [2.24, 2.45) is 5.73 Å². The molecule has 0 amide bonds. The molecule has 114 valence electrons. The first-order chi connectivity index (χ1) is 9.07. The zero-order valence-electron chi connectivity index (χ0n) is 12.7. The van der Waals surface area contributed by atoms with E-state index in [1.165, 1.54) is 16.4 Å². The van der Waals surface area contributed by atoms with Crippen LogP contribution in [0.4, 0.5) is 4.39 Å². The standard InChI is InChI=1S/C14H23FN2O2S/c1-6-17(14(4,5)9-16)20(18,19)13-10(2)7-12(15)8-11(13)3/h7-8H,6,9,16H2,1-5H3. The number of aryl methyl sites for hydroxylation is 2. The van der Waals surface area contributed by atoms with E-state index in [0.717, 1.165) is 0 Å². The smallest absolute Gasteiger partial charge is 0.244 e. The van der Waals surface area contributed by atoms with Crippen molar-refractivity contribution in [2.45, 2.75) is 45.1 Å². The maximum Gasteiger partial charge on any atom is 0.244 e. The minimum atomic E-state index is -3.71. The Bertz CT molecular complexity index is 574. The van der Waals surface area contributed by atoms with Gasteiger partial charge in [-0.15, -0.1) is 0 Å². The summed E-state index contributed by atoms with van der Waals surface area (Å²) in [7, 11) is -3.71. The quantitative estimate of drug-likeness (QED) is 0.907. The molecule has 4 nitrogen and oxygen atoms in total. The summed E-state index contributed by atoms with van der Waals surface area (Å²) in [5, 5.41) is 0. The number of likely N-dealkylation sites (N-methyl/N-ethyl adjacent to an activating group) is 1. The van der Waals surface area contributed by atoms with Crippen LogP contribution in [0.15, 0.2) is 17.0 Å². The zero-order valence-corrected chi connectivity index (χ0v) is 13.5. The number of hydrogen-bond acceptors (Lipinski definition) is 3. The van der Waals surface area contributed by atoms with Crippen molar-refractivity contribution < 1.29 is 12.8 Å². The second-order valence-electron chi connectivity index (χ2n) is 5.56. The Morgan fingerprint density at radius 2 is 1.70 bits per heavy atom. The molecule has 0 fully saturated rings. The van der Waals surface area contributed by atoms with Crippen LogP contribution in [0.3, 0.4) is 0 Å². The number of benzene rings is 1. The molecule has 1 aromatic rings. The Balaban J connectivity index is 3.51. The highest BCUT2D eigenvalue weighted by Gasteiger charge is 2.36. The molecule has 0 heterocycles. The lowest BCUT2D eigenvalue weighted by Crippen LogP contribution is -2.52. The van der Waals surface area contributed by atoms with E-state index in [9.17, 15) is 12.8 Å². The van der Waals surface area contributed by atoms with Gasteiger partial charge in [0.25, 0.3) is 0 Å². The molecule has 0 spiro atoms. The van der Waals surface area contributed by atoms with Crippen LogP contribution >= 0.6 is 0 Å². The van der Waals surface area contributed by atoms with E-state index in [1.54, 1.807) is 34.6 Å². The van der Waals surface area contributed by atoms with Gasteiger partial charge in [0.1, 0.15) is 5.82 Å². The van der Waals surface area contributed by atoms with Gasteiger partial charge in [-0.1, -0.05) is 6.92 Å². The lowest BCUT2D eigenvalue weighted by atomic mass is 10.1. The van der Waals surface area contributed by atoms with Crippen molar-refractivity contribution >= 4 is 10.0 Å². The van der Waals surface area contributed by atoms with Crippen molar-refractivity contribution in [2.75, 3.05) is 13.1 Å². The molecule has 1 rings (SSSR count). The monoisotopic (exact) mass is 302 g/mol. The van der Waals surface area contributed by atoms with Gasteiger partial charge in [0, 0.05) is 18.6 Å². The average Bonchev–Trinajstić information content (AvgIpc) is 2.26. The van der Waals surface area contributed by atoms with E-state index in [1.807, 2.05) is 0 Å². The Hall–Kier alpha value is -0.980. The molecule has 2 N–H and O–H groups in total. The number of hydrogen-bond donors (Lipinski definition) is 1. The van der Waals surface area contributed by atoms with Gasteiger partial charge in [0.2, 0.25) is 10.0 Å². The zero-order chi connectivity index (χ0) is 15.7. The summed E-state index contributed by atoms with van der Waals surface area (Å²) in [5.41, 5.74) is 5.82. The van der Waals surface area contributed by atoms with Crippen LogP contribution in [0.1, 0.15) is 31.9 Å². The van der Waals surface area contributed by atoms with Gasteiger partial charge in [-0.25, -0.2) is 12.8 Å². The molecule has 0 atom stereocenters. The van der Waals surface area contributed by atoms with Crippen LogP contribution in [0.25, 0.3) is 0 Å². The fourth-order valence-corrected chi connectivity index (χ4v) is 4.66. The number of rotatable bonds is 5. The van der Waals surface area contributed by atoms with Gasteiger partial charge in [0.05, 0.1) is 4.90 Å². The minimum absolute atomic E-state index is 0.169. The summed E-state index contributed by atoms with van der Waals surface area (Å²) in [5.74, 6) is -0.430. The van der Waals surface area contributed by atoms with E-state index in [2.05, 4.69) is 0 Å². The summed E-state index contributed by atoms with van der Waals surface area (Å²) in [6, 6.07) is 2.48. The summed E-state index contributed by atoms with van der Waals surface area (Å²) in [6.45, 7) is 9.05. The Morgan fingerprint density at radius 1 is 1.25 bits per heavy atom. The summed E-state index contributed by atoms with van der Waals surface area (Å²) in [4.78, 5) is 0.169. The SMILES string of the molecule is CCN(C(C)(C)CN)S(=O)(=O)c1c(C)cc(F)cc1C. The summed E-state index contributed by atoms with van der Waals surface area (Å²) < 4.78 is 40.5. The Labute approximate surface area is 120 Å². The van der Waals surface area contributed by atoms with Crippen molar-refractivity contribution in [3.63, 3.8) is 0 Å². The van der Waals surface area contributed by atoms with Crippen molar-refractivity contribution in [1.29, 1.82) is 0 Å². The molecule has 0 saturated carbocycles. The van der Waals surface area contributed by atoms with Gasteiger partial charge in [-0.05, 0) is 51.0 Å². The molecular weight excluding hydrogens is 279 g/mol. The first-order valence-electron chi connectivity index (χ1n) is 6.57. The highest BCUT2D eigenvalue weighted by atomic mass is 32.2. The summed E-state index contributed by atoms with van der Waals surface area (Å²) in [6.07, 6.45) is 0. The van der Waals surface area contributed by atoms with E-state index < -0.39 is 21.4 Å². The molecular formula is C14H23FN2O2S. The molecule has 0 saturated heterocycles. The first-order valence-corrected chi connectivity index (χ1v) is 8.01. The maximum atomic E-state index is 13.4. The fraction of sp³-hybridized carbons (Fsp3) is 0.571. The molecule has 0 aliphatic carbocycles. The molecule has 20 heavy (non-hydrogen) atoms. The van der Waals surface area contributed by atoms with Crippen molar-refractivity contribution in [3.05, 3.63) is 29.1 Å². The van der Waals surface area contributed by atoms with Crippen LogP contribution in [0.5, 0.6) is 0 Å². The van der Waals surface area contributed by atoms with E-state index in [-0.39, 0.29) is 11.4 Å². The van der Waals surface area contributed by atoms with Crippen molar-refractivity contribution in [1.82, 2.24) is 4.31 Å². The van der Waals surface area contributed by atoms with Gasteiger partial charge in [0.15, 0.2) is 0 Å². The molecule has 0 aromatic heterocycles. The highest BCUT2D eigenvalue weighted by molar-refractivity contribution is 7.89. The Kier molecular flexibility index (Phi) is 4.94. The molecule has 0 unspecified atom stereocenters. The number of nitrogens with two attached hydrogens (primary N) is 1. The highest BCUT2D eigenvalue weighted by Crippen LogP contribution is 2.29. The second kappa shape index (κ2) is 5.79. The minimum Gasteiger partial charge on any atom is -0.329 e. The van der Waals surface area contributed by atoms with Crippen LogP contribution in [0, 0.1) is 19.7 Å². The third-order valence-electron chi connectivity index (χ3n) is 3.44. The predicted molar refractivity (Wildman–Crippen MR) is 78.6 cm³/mol. The van der Waals surface area contributed by atoms with Crippen LogP contribution < -0.4 is 5.73 Å². The lowest BCUT2D eigenvalue weighted by Gasteiger charge is -2.36. The third-order valence-corrected chi connectivity index (χ3v) is 5.93. The third kappa shape index (κ3) is 3.02. The van der Waals surface area contributed by atoms with Gasteiger partial charge in [-0.3, -0.25) is 0 Å². The second-order valence-corrected chi connectivity index (χ2v) is 7.35. The van der Waals surface area contributed by atoms with E-state index in [0.29, 0.717) is 17.7 Å². The maximum absolute atomic E-state index is 13.4. The molecule has 0 radical (unpaired) electrons. The number of nitrogens with zero attached hydrogens (tertiary/aromatic N) is 1. The van der Waals surface area contributed by atoms with Gasteiger partial charge < -0.3 is 5.73 Å². The van der Waals surface area contributed by atoms with Gasteiger partial charge >= 0.3 is 0 Å². The van der Waals surface area contributed by atoms with Crippen LogP contribution in [-0.4, -0.2) is 31.4 Å².